The first-order chi connectivity index (χ1) is 31.2. The molecule has 0 aliphatic rings. The summed E-state index contributed by atoms with van der Waals surface area (Å²) >= 11 is 0. The van der Waals surface area contributed by atoms with E-state index in [0.717, 1.165) is 22.6 Å². The fourth-order valence-corrected chi connectivity index (χ4v) is 8.33. The van der Waals surface area contributed by atoms with Crippen LogP contribution in [0.15, 0.2) is 267 Å². The van der Waals surface area contributed by atoms with Crippen LogP contribution in [0.1, 0.15) is 16.7 Å². The summed E-state index contributed by atoms with van der Waals surface area (Å²) in [5.74, 6) is 0. The van der Waals surface area contributed by atoms with E-state index in [2.05, 4.69) is 278 Å². The summed E-state index contributed by atoms with van der Waals surface area (Å²) < 4.78 is 0. The number of hydrogen-bond acceptors (Lipinski definition) is 1. The maximum absolute atomic E-state index is 2.34. The van der Waals surface area contributed by atoms with Gasteiger partial charge in [0.05, 0.1) is 0 Å². The molecule has 0 aliphatic carbocycles. The number of hydrogen-bond donors (Lipinski definition) is 0. The van der Waals surface area contributed by atoms with Crippen molar-refractivity contribution in [3.05, 3.63) is 284 Å². The molecule has 10 rings (SSSR count). The maximum Gasteiger partial charge on any atom is 0.0462 e. The van der Waals surface area contributed by atoms with E-state index in [1.165, 1.54) is 72.3 Å². The van der Waals surface area contributed by atoms with E-state index < -0.39 is 0 Å². The van der Waals surface area contributed by atoms with Gasteiger partial charge in [-0.1, -0.05) is 231 Å². The Balaban J connectivity index is 0.959. The van der Waals surface area contributed by atoms with E-state index in [9.17, 15) is 0 Å². The maximum atomic E-state index is 2.34. The average molecular weight is 804 g/mol. The molecule has 0 atom stereocenters. The molecule has 10 aromatic rings. The number of benzene rings is 10. The molecule has 0 fully saturated rings. The Morgan fingerprint density at radius 3 is 0.714 bits per heavy atom. The Hall–Kier alpha value is -8.26. The molecule has 0 saturated carbocycles. The van der Waals surface area contributed by atoms with Gasteiger partial charge in [-0.05, 0) is 120 Å². The van der Waals surface area contributed by atoms with Crippen molar-refractivity contribution in [3.63, 3.8) is 0 Å². The highest BCUT2D eigenvalue weighted by molar-refractivity contribution is 5.93. The third kappa shape index (κ3) is 8.82. The fourth-order valence-electron chi connectivity index (χ4n) is 8.33. The topological polar surface area (TPSA) is 3.24 Å². The van der Waals surface area contributed by atoms with E-state index in [4.69, 9.17) is 0 Å². The van der Waals surface area contributed by atoms with Crippen LogP contribution in [-0.2, 0) is 0 Å². The third-order valence-electron chi connectivity index (χ3n) is 11.8. The standard InChI is InChI=1S/C62H45N/c1-5-13-47(14-6-1)51-23-21-46(22-24-51)45-62(57-29-25-52(26-30-57)48-15-7-2-8-16-48)58-31-27-53(28-32-58)56-37-43-61(44-38-56)63(59-39-33-54(34-40-59)49-17-9-3-10-18-49)60-41-35-55(36-42-60)50-19-11-4-12-20-50/h1-45H. The highest BCUT2D eigenvalue weighted by Crippen LogP contribution is 2.38. The summed E-state index contributed by atoms with van der Waals surface area (Å²) in [6.07, 6.45) is 2.31. The second-order valence-electron chi connectivity index (χ2n) is 15.8. The predicted octanol–water partition coefficient (Wildman–Crippen LogP) is 17.1. The molecule has 63 heavy (non-hydrogen) atoms. The van der Waals surface area contributed by atoms with Crippen molar-refractivity contribution in [3.8, 4) is 55.6 Å². The molecule has 0 bridgehead atoms. The van der Waals surface area contributed by atoms with Crippen LogP contribution >= 0.6 is 0 Å². The average Bonchev–Trinajstić information content (AvgIpc) is 3.38. The molecule has 1 heteroatoms. The first kappa shape index (κ1) is 38.9. The Morgan fingerprint density at radius 1 is 0.222 bits per heavy atom. The molecule has 10 aromatic carbocycles. The summed E-state index contributed by atoms with van der Waals surface area (Å²) in [5.41, 5.74) is 20.0. The zero-order valence-electron chi connectivity index (χ0n) is 34.9. The van der Waals surface area contributed by atoms with Crippen molar-refractivity contribution in [1.29, 1.82) is 0 Å². The zero-order chi connectivity index (χ0) is 42.2. The summed E-state index contributed by atoms with van der Waals surface area (Å²) in [7, 11) is 0. The van der Waals surface area contributed by atoms with Crippen LogP contribution in [0.25, 0.3) is 67.3 Å². The lowest BCUT2D eigenvalue weighted by atomic mass is 9.92. The van der Waals surface area contributed by atoms with E-state index in [0.29, 0.717) is 0 Å². The van der Waals surface area contributed by atoms with Gasteiger partial charge in [0.2, 0.25) is 0 Å². The molecule has 0 radical (unpaired) electrons. The van der Waals surface area contributed by atoms with Crippen molar-refractivity contribution in [1.82, 2.24) is 0 Å². The van der Waals surface area contributed by atoms with Crippen LogP contribution in [0.4, 0.5) is 17.1 Å². The number of rotatable bonds is 11. The molecule has 0 saturated heterocycles. The third-order valence-corrected chi connectivity index (χ3v) is 11.8. The zero-order valence-corrected chi connectivity index (χ0v) is 34.9. The van der Waals surface area contributed by atoms with Crippen LogP contribution in [0.3, 0.4) is 0 Å². The quantitative estimate of drug-likeness (QED) is 0.118. The van der Waals surface area contributed by atoms with Crippen molar-refractivity contribution >= 4 is 28.7 Å². The lowest BCUT2D eigenvalue weighted by molar-refractivity contribution is 1.28. The van der Waals surface area contributed by atoms with E-state index >= 15 is 0 Å². The van der Waals surface area contributed by atoms with Gasteiger partial charge in [0.15, 0.2) is 0 Å². The summed E-state index contributed by atoms with van der Waals surface area (Å²) in [6.45, 7) is 0. The molecule has 0 spiro atoms. The monoisotopic (exact) mass is 803 g/mol. The van der Waals surface area contributed by atoms with Gasteiger partial charge in [0.25, 0.3) is 0 Å². The SMILES string of the molecule is C(=C(c1ccc(-c2ccccc2)cc1)c1ccc(-c2ccc(N(c3ccc(-c4ccccc4)cc3)c3ccc(-c4ccccc4)cc3)cc2)cc1)c1ccc(-c2ccccc2)cc1. The Bertz CT molecular complexity index is 2960. The highest BCUT2D eigenvalue weighted by atomic mass is 15.1. The molecule has 0 unspecified atom stereocenters. The van der Waals surface area contributed by atoms with E-state index in [1.807, 2.05) is 0 Å². The van der Waals surface area contributed by atoms with Crippen LogP contribution in [0.2, 0.25) is 0 Å². The van der Waals surface area contributed by atoms with E-state index in [1.54, 1.807) is 0 Å². The minimum atomic E-state index is 1.10. The van der Waals surface area contributed by atoms with Crippen LogP contribution in [-0.4, -0.2) is 0 Å². The second kappa shape index (κ2) is 18.2. The van der Waals surface area contributed by atoms with E-state index in [-0.39, 0.29) is 0 Å². The molecule has 0 aromatic heterocycles. The molecule has 0 heterocycles. The molecule has 0 aliphatic heterocycles. The first-order valence-electron chi connectivity index (χ1n) is 21.6. The Morgan fingerprint density at radius 2 is 0.444 bits per heavy atom. The van der Waals surface area contributed by atoms with Crippen molar-refractivity contribution < 1.29 is 0 Å². The Kier molecular flexibility index (Phi) is 11.2. The molecule has 0 N–H and O–H groups in total. The Labute approximate surface area is 371 Å². The van der Waals surface area contributed by atoms with Crippen molar-refractivity contribution in [2.24, 2.45) is 0 Å². The lowest BCUT2D eigenvalue weighted by Gasteiger charge is -2.26. The van der Waals surface area contributed by atoms with Gasteiger partial charge >= 0.3 is 0 Å². The van der Waals surface area contributed by atoms with Gasteiger partial charge in [0, 0.05) is 17.1 Å². The van der Waals surface area contributed by atoms with Gasteiger partial charge in [-0.15, -0.1) is 0 Å². The fraction of sp³-hybridized carbons (Fsp3) is 0. The number of anilines is 3. The normalized spacial score (nSPS) is 11.3. The summed E-state index contributed by atoms with van der Waals surface area (Å²) in [4.78, 5) is 2.34. The van der Waals surface area contributed by atoms with Gasteiger partial charge in [-0.2, -0.15) is 0 Å². The summed E-state index contributed by atoms with van der Waals surface area (Å²) in [6, 6.07) is 95.7. The molecular weight excluding hydrogens is 759 g/mol. The molecule has 0 amide bonds. The smallest absolute Gasteiger partial charge is 0.0462 e. The lowest BCUT2D eigenvalue weighted by Crippen LogP contribution is -2.09. The molecular formula is C62H45N. The second-order valence-corrected chi connectivity index (χ2v) is 15.8. The molecule has 1 nitrogen and oxygen atoms in total. The highest BCUT2D eigenvalue weighted by Gasteiger charge is 2.15. The minimum Gasteiger partial charge on any atom is -0.311 e. The summed E-state index contributed by atoms with van der Waals surface area (Å²) in [5, 5.41) is 0. The van der Waals surface area contributed by atoms with Gasteiger partial charge in [-0.25, -0.2) is 0 Å². The minimum absolute atomic E-state index is 1.10. The molecule has 298 valence electrons. The van der Waals surface area contributed by atoms with Gasteiger partial charge < -0.3 is 4.90 Å². The largest absolute Gasteiger partial charge is 0.311 e. The van der Waals surface area contributed by atoms with Gasteiger partial charge in [-0.3, -0.25) is 0 Å². The van der Waals surface area contributed by atoms with Gasteiger partial charge in [0.1, 0.15) is 0 Å². The van der Waals surface area contributed by atoms with Crippen LogP contribution in [0, 0.1) is 0 Å². The van der Waals surface area contributed by atoms with Crippen molar-refractivity contribution in [2.45, 2.75) is 0 Å². The van der Waals surface area contributed by atoms with Crippen LogP contribution in [0.5, 0.6) is 0 Å². The number of nitrogens with zero attached hydrogens (tertiary/aromatic N) is 1. The van der Waals surface area contributed by atoms with Crippen LogP contribution < -0.4 is 4.90 Å². The first-order valence-corrected chi connectivity index (χ1v) is 21.6. The van der Waals surface area contributed by atoms with Crippen molar-refractivity contribution in [2.75, 3.05) is 4.90 Å². The predicted molar refractivity (Wildman–Crippen MR) is 268 cm³/mol.